The maximum atomic E-state index is 12.5. The van der Waals surface area contributed by atoms with Crippen LogP contribution in [0.2, 0.25) is 0 Å². The molecule has 0 aromatic rings. The molecule has 2 atom stereocenters. The predicted molar refractivity (Wildman–Crippen MR) is 65.3 cm³/mol. The molecule has 0 saturated heterocycles. The molecule has 5 heteroatoms. The molecular formula is C13H24F3NO. The second-order valence-corrected chi connectivity index (χ2v) is 6.37. The summed E-state index contributed by atoms with van der Waals surface area (Å²) in [5.74, 6) is -0.0512. The Balaban J connectivity index is 2.63. The SMILES string of the molecule is CC(C)N(CC1CCC(C)(C)C1O)CC(F)(F)F. The maximum Gasteiger partial charge on any atom is 0.401 e. The van der Waals surface area contributed by atoms with Gasteiger partial charge in [0.15, 0.2) is 0 Å². The molecule has 0 aliphatic heterocycles. The van der Waals surface area contributed by atoms with Crippen LogP contribution in [0.15, 0.2) is 0 Å². The van der Waals surface area contributed by atoms with Crippen LogP contribution in [-0.2, 0) is 0 Å². The van der Waals surface area contributed by atoms with Crippen molar-refractivity contribution in [1.29, 1.82) is 0 Å². The third-order valence-corrected chi connectivity index (χ3v) is 3.99. The molecule has 2 nitrogen and oxygen atoms in total. The number of aliphatic hydroxyl groups is 1. The number of rotatable bonds is 4. The summed E-state index contributed by atoms with van der Waals surface area (Å²) < 4.78 is 37.5. The van der Waals surface area contributed by atoms with E-state index in [1.54, 1.807) is 13.8 Å². The lowest BCUT2D eigenvalue weighted by molar-refractivity contribution is -0.152. The summed E-state index contributed by atoms with van der Waals surface area (Å²) in [6.45, 7) is 6.90. The first kappa shape index (κ1) is 15.8. The Morgan fingerprint density at radius 1 is 1.33 bits per heavy atom. The van der Waals surface area contributed by atoms with Gasteiger partial charge in [-0.25, -0.2) is 0 Å². The van der Waals surface area contributed by atoms with Gasteiger partial charge in [0.25, 0.3) is 0 Å². The van der Waals surface area contributed by atoms with Crippen LogP contribution >= 0.6 is 0 Å². The molecule has 1 aliphatic carbocycles. The topological polar surface area (TPSA) is 23.5 Å². The summed E-state index contributed by atoms with van der Waals surface area (Å²) in [7, 11) is 0. The minimum atomic E-state index is -4.18. The average Bonchev–Trinajstić information content (AvgIpc) is 2.42. The highest BCUT2D eigenvalue weighted by molar-refractivity contribution is 4.92. The fraction of sp³-hybridized carbons (Fsp3) is 1.00. The molecule has 1 saturated carbocycles. The van der Waals surface area contributed by atoms with E-state index in [0.29, 0.717) is 6.54 Å². The summed E-state index contributed by atoms with van der Waals surface area (Å²) in [5, 5.41) is 10.1. The van der Waals surface area contributed by atoms with Crippen molar-refractivity contribution in [3.05, 3.63) is 0 Å². The third kappa shape index (κ3) is 4.12. The lowest BCUT2D eigenvalue weighted by Crippen LogP contribution is -2.44. The lowest BCUT2D eigenvalue weighted by Gasteiger charge is -2.33. The first-order valence-corrected chi connectivity index (χ1v) is 6.52. The summed E-state index contributed by atoms with van der Waals surface area (Å²) in [5.41, 5.74) is -0.175. The molecule has 0 radical (unpaired) electrons. The van der Waals surface area contributed by atoms with Gasteiger partial charge in [0.2, 0.25) is 0 Å². The molecule has 0 spiro atoms. The molecule has 0 heterocycles. The van der Waals surface area contributed by atoms with Gasteiger partial charge in [0, 0.05) is 12.6 Å². The van der Waals surface area contributed by atoms with Gasteiger partial charge in [-0.3, -0.25) is 4.90 Å². The maximum absolute atomic E-state index is 12.5. The van der Waals surface area contributed by atoms with E-state index >= 15 is 0 Å². The molecule has 1 rings (SSSR count). The van der Waals surface area contributed by atoms with Crippen molar-refractivity contribution in [3.8, 4) is 0 Å². The average molecular weight is 267 g/mol. The normalized spacial score (nSPS) is 28.3. The van der Waals surface area contributed by atoms with E-state index in [0.717, 1.165) is 12.8 Å². The number of alkyl halides is 3. The van der Waals surface area contributed by atoms with Crippen LogP contribution < -0.4 is 0 Å². The summed E-state index contributed by atoms with van der Waals surface area (Å²) >= 11 is 0. The van der Waals surface area contributed by atoms with Crippen molar-refractivity contribution in [2.75, 3.05) is 13.1 Å². The third-order valence-electron chi connectivity index (χ3n) is 3.99. The zero-order valence-electron chi connectivity index (χ0n) is 11.6. The largest absolute Gasteiger partial charge is 0.401 e. The predicted octanol–water partition coefficient (Wildman–Crippen LogP) is 3.06. The Morgan fingerprint density at radius 3 is 2.22 bits per heavy atom. The molecule has 0 aromatic heterocycles. The van der Waals surface area contributed by atoms with Crippen LogP contribution in [0.1, 0.15) is 40.5 Å². The van der Waals surface area contributed by atoms with Crippen LogP contribution in [0.3, 0.4) is 0 Å². The van der Waals surface area contributed by atoms with Gasteiger partial charge < -0.3 is 5.11 Å². The highest BCUT2D eigenvalue weighted by atomic mass is 19.4. The second kappa shape index (κ2) is 5.37. The number of aliphatic hydroxyl groups excluding tert-OH is 1. The van der Waals surface area contributed by atoms with Gasteiger partial charge in [-0.2, -0.15) is 13.2 Å². The molecule has 0 amide bonds. The molecule has 1 aliphatic rings. The van der Waals surface area contributed by atoms with Crippen LogP contribution in [0, 0.1) is 11.3 Å². The zero-order valence-corrected chi connectivity index (χ0v) is 11.6. The van der Waals surface area contributed by atoms with Crippen LogP contribution in [-0.4, -0.2) is 41.4 Å². The quantitative estimate of drug-likeness (QED) is 0.846. The monoisotopic (exact) mass is 267 g/mol. The number of hydrogen-bond donors (Lipinski definition) is 1. The van der Waals surface area contributed by atoms with Crippen LogP contribution in [0.25, 0.3) is 0 Å². The van der Waals surface area contributed by atoms with Crippen LogP contribution in [0.5, 0.6) is 0 Å². The van der Waals surface area contributed by atoms with Gasteiger partial charge in [0.1, 0.15) is 0 Å². The van der Waals surface area contributed by atoms with E-state index in [9.17, 15) is 18.3 Å². The molecule has 2 unspecified atom stereocenters. The first-order valence-electron chi connectivity index (χ1n) is 6.52. The summed E-state index contributed by atoms with van der Waals surface area (Å²) in [6.07, 6.45) is -3.01. The highest BCUT2D eigenvalue weighted by Gasteiger charge is 2.42. The van der Waals surface area contributed by atoms with E-state index < -0.39 is 18.8 Å². The molecule has 18 heavy (non-hydrogen) atoms. The van der Waals surface area contributed by atoms with Gasteiger partial charge in [-0.1, -0.05) is 13.8 Å². The Bertz CT molecular complexity index is 276. The van der Waals surface area contributed by atoms with E-state index in [-0.39, 0.29) is 17.4 Å². The van der Waals surface area contributed by atoms with Crippen molar-refractivity contribution in [3.63, 3.8) is 0 Å². The lowest BCUT2D eigenvalue weighted by atomic mass is 9.87. The Morgan fingerprint density at radius 2 is 1.89 bits per heavy atom. The van der Waals surface area contributed by atoms with Crippen LogP contribution in [0.4, 0.5) is 13.2 Å². The van der Waals surface area contributed by atoms with Crippen molar-refractivity contribution >= 4 is 0 Å². The number of nitrogens with zero attached hydrogens (tertiary/aromatic N) is 1. The second-order valence-electron chi connectivity index (χ2n) is 6.37. The standard InChI is InChI=1S/C13H24F3NO/c1-9(2)17(8-13(14,15)16)7-10-5-6-12(3,4)11(10)18/h9-11,18H,5-8H2,1-4H3. The molecule has 1 fully saturated rings. The van der Waals surface area contributed by atoms with Crippen molar-refractivity contribution in [1.82, 2.24) is 4.90 Å². The molecular weight excluding hydrogens is 243 g/mol. The summed E-state index contributed by atoms with van der Waals surface area (Å²) in [4.78, 5) is 1.41. The van der Waals surface area contributed by atoms with E-state index in [1.807, 2.05) is 13.8 Å². The van der Waals surface area contributed by atoms with E-state index in [1.165, 1.54) is 4.90 Å². The number of halogens is 3. The smallest absolute Gasteiger partial charge is 0.392 e. The Labute approximate surface area is 107 Å². The molecule has 0 aromatic carbocycles. The van der Waals surface area contributed by atoms with Crippen molar-refractivity contribution < 1.29 is 18.3 Å². The van der Waals surface area contributed by atoms with Gasteiger partial charge in [0.05, 0.1) is 12.6 Å². The van der Waals surface area contributed by atoms with Crippen molar-refractivity contribution in [2.24, 2.45) is 11.3 Å². The molecule has 108 valence electrons. The Hall–Kier alpha value is -0.290. The fourth-order valence-electron chi connectivity index (χ4n) is 2.68. The molecule has 0 bridgehead atoms. The van der Waals surface area contributed by atoms with Gasteiger partial charge >= 0.3 is 6.18 Å². The summed E-state index contributed by atoms with van der Waals surface area (Å²) in [6, 6.07) is -0.164. The zero-order chi connectivity index (χ0) is 14.1. The van der Waals surface area contributed by atoms with Gasteiger partial charge in [-0.15, -0.1) is 0 Å². The van der Waals surface area contributed by atoms with Gasteiger partial charge in [-0.05, 0) is 38.0 Å². The van der Waals surface area contributed by atoms with E-state index in [2.05, 4.69) is 0 Å². The van der Waals surface area contributed by atoms with E-state index in [4.69, 9.17) is 0 Å². The minimum Gasteiger partial charge on any atom is -0.392 e. The Kier molecular flexibility index (Phi) is 4.70. The minimum absolute atomic E-state index is 0.0512. The first-order chi connectivity index (χ1) is 8.03. The highest BCUT2D eigenvalue weighted by Crippen LogP contribution is 2.41. The number of hydrogen-bond acceptors (Lipinski definition) is 2. The molecule has 1 N–H and O–H groups in total. The fourth-order valence-corrected chi connectivity index (χ4v) is 2.68. The van der Waals surface area contributed by atoms with Crippen molar-refractivity contribution in [2.45, 2.75) is 58.9 Å².